The third kappa shape index (κ3) is 3.36. The van der Waals surface area contributed by atoms with Gasteiger partial charge in [0.1, 0.15) is 0 Å². The minimum atomic E-state index is 0.342. The van der Waals surface area contributed by atoms with Gasteiger partial charge in [-0.15, -0.1) is 11.3 Å². The average molecular weight is 330 g/mol. The van der Waals surface area contributed by atoms with E-state index in [0.717, 1.165) is 18.3 Å². The number of halogens is 1. The molecular formula is C15H24BrNS. The highest BCUT2D eigenvalue weighted by atomic mass is 79.9. The Bertz CT molecular complexity index is 399. The highest BCUT2D eigenvalue weighted by molar-refractivity contribution is 9.09. The Morgan fingerprint density at radius 2 is 2.17 bits per heavy atom. The fourth-order valence-corrected chi connectivity index (χ4v) is 5.51. The Kier molecular flexibility index (Phi) is 4.53. The van der Waals surface area contributed by atoms with E-state index in [2.05, 4.69) is 54.0 Å². The minimum absolute atomic E-state index is 0.342. The van der Waals surface area contributed by atoms with Gasteiger partial charge in [0.2, 0.25) is 0 Å². The van der Waals surface area contributed by atoms with Crippen molar-refractivity contribution in [2.75, 3.05) is 0 Å². The summed E-state index contributed by atoms with van der Waals surface area (Å²) in [6.45, 7) is 9.30. The van der Waals surface area contributed by atoms with Gasteiger partial charge in [-0.2, -0.15) is 0 Å². The maximum absolute atomic E-state index is 4.63. The van der Waals surface area contributed by atoms with Gasteiger partial charge < -0.3 is 0 Å². The number of rotatable bonds is 3. The van der Waals surface area contributed by atoms with Crippen LogP contribution in [0.4, 0.5) is 0 Å². The van der Waals surface area contributed by atoms with Crippen LogP contribution in [0.25, 0.3) is 0 Å². The van der Waals surface area contributed by atoms with Gasteiger partial charge in [0.25, 0.3) is 0 Å². The van der Waals surface area contributed by atoms with Crippen molar-refractivity contribution in [2.45, 2.75) is 58.2 Å². The number of aromatic nitrogens is 1. The van der Waals surface area contributed by atoms with Gasteiger partial charge in [0, 0.05) is 10.2 Å². The van der Waals surface area contributed by atoms with Crippen LogP contribution in [0, 0.1) is 24.2 Å². The van der Waals surface area contributed by atoms with Gasteiger partial charge in [-0.25, -0.2) is 4.98 Å². The molecule has 1 fully saturated rings. The molecule has 1 aliphatic rings. The molecule has 0 aromatic carbocycles. The topological polar surface area (TPSA) is 12.9 Å². The summed E-state index contributed by atoms with van der Waals surface area (Å²) < 4.78 is 0. The molecule has 18 heavy (non-hydrogen) atoms. The number of alkyl halides is 1. The normalized spacial score (nSPS) is 29.5. The summed E-state index contributed by atoms with van der Waals surface area (Å²) >= 11 is 5.70. The van der Waals surface area contributed by atoms with Gasteiger partial charge in [0.05, 0.1) is 10.7 Å². The van der Waals surface area contributed by atoms with Gasteiger partial charge in [-0.1, -0.05) is 43.1 Å². The Hall–Kier alpha value is 0.110. The molecule has 1 aromatic heterocycles. The lowest BCUT2D eigenvalue weighted by molar-refractivity contribution is 0.146. The highest BCUT2D eigenvalue weighted by Gasteiger charge is 2.38. The molecule has 3 atom stereocenters. The zero-order valence-electron chi connectivity index (χ0n) is 11.9. The molecule has 3 unspecified atom stereocenters. The Morgan fingerprint density at radius 1 is 1.44 bits per heavy atom. The van der Waals surface area contributed by atoms with Crippen LogP contribution in [-0.2, 0) is 6.42 Å². The largest absolute Gasteiger partial charge is 0.247 e. The van der Waals surface area contributed by atoms with E-state index in [4.69, 9.17) is 0 Å². The van der Waals surface area contributed by atoms with E-state index in [1.54, 1.807) is 11.3 Å². The van der Waals surface area contributed by atoms with E-state index >= 15 is 0 Å². The number of thiazole rings is 1. The molecule has 1 nitrogen and oxygen atoms in total. The third-order valence-corrected chi connectivity index (χ3v) is 6.18. The van der Waals surface area contributed by atoms with Crippen LogP contribution in [0.5, 0.6) is 0 Å². The first-order valence-corrected chi connectivity index (χ1v) is 8.73. The predicted octanol–water partition coefficient (Wildman–Crippen LogP) is 5.22. The summed E-state index contributed by atoms with van der Waals surface area (Å²) in [5, 5.41) is 3.42. The van der Waals surface area contributed by atoms with E-state index in [0.29, 0.717) is 10.2 Å². The number of hydrogen-bond acceptors (Lipinski definition) is 2. The van der Waals surface area contributed by atoms with E-state index < -0.39 is 0 Å². The molecule has 1 aliphatic carbocycles. The zero-order chi connectivity index (χ0) is 13.3. The summed E-state index contributed by atoms with van der Waals surface area (Å²) in [6.07, 6.45) is 5.17. The van der Waals surface area contributed by atoms with Crippen LogP contribution in [0.3, 0.4) is 0 Å². The number of nitrogens with zero attached hydrogens (tertiary/aromatic N) is 1. The Morgan fingerprint density at radius 3 is 2.72 bits per heavy atom. The average Bonchev–Trinajstić information content (AvgIpc) is 2.62. The quantitative estimate of drug-likeness (QED) is 0.693. The van der Waals surface area contributed by atoms with Crippen LogP contribution < -0.4 is 0 Å². The zero-order valence-corrected chi connectivity index (χ0v) is 14.3. The van der Waals surface area contributed by atoms with Crippen LogP contribution in [-0.4, -0.2) is 9.81 Å². The second kappa shape index (κ2) is 5.62. The van der Waals surface area contributed by atoms with E-state index in [-0.39, 0.29) is 0 Å². The monoisotopic (exact) mass is 329 g/mol. The molecule has 1 aromatic rings. The van der Waals surface area contributed by atoms with E-state index in [9.17, 15) is 0 Å². The number of hydrogen-bond donors (Lipinski definition) is 0. The standard InChI is InChI=1S/C15H24BrNS/c1-10-5-6-13(14(16)7-10)15(3,4)8-12-9-18-11(2)17-12/h9-10,13-14H,5-8H2,1-4H3. The lowest BCUT2D eigenvalue weighted by Crippen LogP contribution is -2.37. The smallest absolute Gasteiger partial charge is 0.0897 e. The molecule has 3 heteroatoms. The summed E-state index contributed by atoms with van der Waals surface area (Å²) in [7, 11) is 0. The minimum Gasteiger partial charge on any atom is -0.247 e. The molecule has 1 heterocycles. The molecule has 0 N–H and O–H groups in total. The molecule has 0 bridgehead atoms. The fourth-order valence-electron chi connectivity index (χ4n) is 3.28. The van der Waals surface area contributed by atoms with Crippen molar-refractivity contribution in [2.24, 2.45) is 17.3 Å². The van der Waals surface area contributed by atoms with E-state index in [1.165, 1.54) is 30.0 Å². The lowest BCUT2D eigenvalue weighted by Gasteiger charge is -2.42. The predicted molar refractivity (Wildman–Crippen MR) is 83.6 cm³/mol. The summed E-state index contributed by atoms with van der Waals surface area (Å²) in [5.74, 6) is 1.65. The molecule has 0 amide bonds. The van der Waals surface area contributed by atoms with Gasteiger partial charge in [-0.3, -0.25) is 0 Å². The van der Waals surface area contributed by atoms with Crippen molar-refractivity contribution in [1.82, 2.24) is 4.98 Å². The van der Waals surface area contributed by atoms with Crippen LogP contribution in [0.2, 0.25) is 0 Å². The lowest BCUT2D eigenvalue weighted by atomic mass is 9.67. The van der Waals surface area contributed by atoms with Crippen molar-refractivity contribution in [3.8, 4) is 0 Å². The van der Waals surface area contributed by atoms with Crippen LogP contribution >= 0.6 is 27.3 Å². The van der Waals surface area contributed by atoms with Crippen molar-refractivity contribution < 1.29 is 0 Å². The summed E-state index contributed by atoms with van der Waals surface area (Å²) in [6, 6.07) is 0. The Labute approximate surface area is 124 Å². The van der Waals surface area contributed by atoms with Gasteiger partial charge in [-0.05, 0) is 43.4 Å². The maximum Gasteiger partial charge on any atom is 0.0897 e. The SMILES string of the molecule is Cc1nc(CC(C)(C)C2CCC(C)CC2Br)cs1. The Balaban J connectivity index is 2.05. The first-order chi connectivity index (χ1) is 8.38. The van der Waals surface area contributed by atoms with Gasteiger partial charge in [0.15, 0.2) is 0 Å². The maximum atomic E-state index is 4.63. The third-order valence-electron chi connectivity index (χ3n) is 4.34. The van der Waals surface area contributed by atoms with Gasteiger partial charge >= 0.3 is 0 Å². The molecule has 0 spiro atoms. The second-order valence-corrected chi connectivity index (χ2v) is 8.80. The summed E-state index contributed by atoms with van der Waals surface area (Å²) in [5.41, 5.74) is 1.62. The fraction of sp³-hybridized carbons (Fsp3) is 0.800. The van der Waals surface area contributed by atoms with E-state index in [1.807, 2.05) is 0 Å². The number of aryl methyl sites for hydroxylation is 1. The molecule has 0 radical (unpaired) electrons. The molecule has 1 saturated carbocycles. The molecular weight excluding hydrogens is 306 g/mol. The molecule has 2 rings (SSSR count). The van der Waals surface area contributed by atoms with Crippen LogP contribution in [0.1, 0.15) is 50.7 Å². The first-order valence-electron chi connectivity index (χ1n) is 6.93. The van der Waals surface area contributed by atoms with Crippen LogP contribution in [0.15, 0.2) is 5.38 Å². The second-order valence-electron chi connectivity index (χ2n) is 6.56. The van der Waals surface area contributed by atoms with Crippen molar-refractivity contribution in [1.29, 1.82) is 0 Å². The first kappa shape index (κ1) is 14.5. The highest BCUT2D eigenvalue weighted by Crippen LogP contribution is 2.45. The van der Waals surface area contributed by atoms with Crippen molar-refractivity contribution >= 4 is 27.3 Å². The molecule has 102 valence electrons. The molecule has 0 aliphatic heterocycles. The molecule has 0 saturated heterocycles. The van der Waals surface area contributed by atoms with Crippen molar-refractivity contribution in [3.63, 3.8) is 0 Å². The summed E-state index contributed by atoms with van der Waals surface area (Å²) in [4.78, 5) is 5.31. The van der Waals surface area contributed by atoms with Crippen molar-refractivity contribution in [3.05, 3.63) is 16.1 Å².